The molecule has 4 amide bonds. The molecule has 0 saturated heterocycles. The number of nitrogens with one attached hydrogen (secondary N) is 4. The van der Waals surface area contributed by atoms with Gasteiger partial charge in [0.1, 0.15) is 5.41 Å². The topological polar surface area (TPSA) is 116 Å². The minimum Gasteiger partial charge on any atom is -0.272 e. The van der Waals surface area contributed by atoms with Crippen LogP contribution in [-0.4, -0.2) is 23.6 Å². The maximum absolute atomic E-state index is 13.3. The van der Waals surface area contributed by atoms with Gasteiger partial charge in [-0.1, -0.05) is 75.9 Å². The molecule has 0 atom stereocenters. The van der Waals surface area contributed by atoms with Gasteiger partial charge in [0.15, 0.2) is 0 Å². The molecule has 0 aromatic heterocycles. The highest BCUT2D eigenvalue weighted by molar-refractivity contribution is 6.07. The Kier molecular flexibility index (Phi) is 10.1. The molecule has 2 rings (SSSR count). The van der Waals surface area contributed by atoms with Crippen LogP contribution >= 0.6 is 0 Å². The van der Waals surface area contributed by atoms with E-state index in [0.717, 1.165) is 12.8 Å². The summed E-state index contributed by atoms with van der Waals surface area (Å²) >= 11 is 0. The molecule has 0 spiro atoms. The highest BCUT2D eigenvalue weighted by Crippen LogP contribution is 2.32. The van der Waals surface area contributed by atoms with E-state index in [0.29, 0.717) is 24.0 Å². The molecule has 0 fully saturated rings. The van der Waals surface area contributed by atoms with E-state index in [4.69, 9.17) is 0 Å². The van der Waals surface area contributed by atoms with E-state index >= 15 is 0 Å². The van der Waals surface area contributed by atoms with Gasteiger partial charge in [0.2, 0.25) is 0 Å². The molecule has 0 radical (unpaired) electrons. The SMILES string of the molecule is CCCCC(CCCC)(C(=O)NNC(=O)c1ccccc1)C(=O)NNC(=O)c1ccccc1. The van der Waals surface area contributed by atoms with E-state index in [2.05, 4.69) is 21.7 Å². The average Bonchev–Trinajstić information content (AvgIpc) is 2.86. The second kappa shape index (κ2) is 13.0. The van der Waals surface area contributed by atoms with Crippen LogP contribution in [0.2, 0.25) is 0 Å². The maximum atomic E-state index is 13.3. The lowest BCUT2D eigenvalue weighted by Gasteiger charge is -2.31. The summed E-state index contributed by atoms with van der Waals surface area (Å²) in [5.41, 5.74) is 8.96. The number of hydrogen-bond acceptors (Lipinski definition) is 4. The van der Waals surface area contributed by atoms with Crippen LogP contribution in [-0.2, 0) is 9.59 Å². The molecule has 0 unspecified atom stereocenters. The van der Waals surface area contributed by atoms with Crippen molar-refractivity contribution >= 4 is 23.6 Å². The molecular formula is C25H32N4O4. The Morgan fingerprint density at radius 3 is 1.30 bits per heavy atom. The summed E-state index contributed by atoms with van der Waals surface area (Å²) in [7, 11) is 0. The van der Waals surface area contributed by atoms with Crippen molar-refractivity contribution in [2.24, 2.45) is 5.41 Å². The van der Waals surface area contributed by atoms with Gasteiger partial charge in [-0.2, -0.15) is 0 Å². The van der Waals surface area contributed by atoms with E-state index in [1.165, 1.54) is 0 Å². The Balaban J connectivity index is 2.16. The number of carbonyl (C=O) groups is 4. The predicted octanol–water partition coefficient (Wildman–Crippen LogP) is 3.28. The first kappa shape index (κ1) is 25.6. The van der Waals surface area contributed by atoms with E-state index < -0.39 is 29.0 Å². The summed E-state index contributed by atoms with van der Waals surface area (Å²) in [5, 5.41) is 0. The number of amides is 4. The molecule has 8 nitrogen and oxygen atoms in total. The average molecular weight is 453 g/mol. The zero-order chi connectivity index (χ0) is 24.1. The van der Waals surface area contributed by atoms with E-state index in [-0.39, 0.29) is 12.8 Å². The molecule has 0 aliphatic heterocycles. The lowest BCUT2D eigenvalue weighted by molar-refractivity contribution is -0.146. The van der Waals surface area contributed by atoms with Crippen LogP contribution < -0.4 is 21.7 Å². The van der Waals surface area contributed by atoms with Crippen LogP contribution in [0.25, 0.3) is 0 Å². The van der Waals surface area contributed by atoms with Gasteiger partial charge in [-0.25, -0.2) is 0 Å². The van der Waals surface area contributed by atoms with Crippen molar-refractivity contribution in [3.05, 3.63) is 71.8 Å². The van der Waals surface area contributed by atoms with Gasteiger partial charge in [-0.05, 0) is 37.1 Å². The van der Waals surface area contributed by atoms with Crippen molar-refractivity contribution in [3.8, 4) is 0 Å². The Labute approximate surface area is 194 Å². The van der Waals surface area contributed by atoms with Crippen LogP contribution in [0.1, 0.15) is 73.1 Å². The summed E-state index contributed by atoms with van der Waals surface area (Å²) in [6, 6.07) is 16.9. The zero-order valence-corrected chi connectivity index (χ0v) is 19.1. The largest absolute Gasteiger partial charge is 0.272 e. The first-order valence-electron chi connectivity index (χ1n) is 11.3. The summed E-state index contributed by atoms with van der Waals surface area (Å²) in [4.78, 5) is 51.3. The molecule has 33 heavy (non-hydrogen) atoms. The number of unbranched alkanes of at least 4 members (excludes halogenated alkanes) is 2. The molecule has 0 aliphatic carbocycles. The Hall–Kier alpha value is -3.68. The lowest BCUT2D eigenvalue weighted by Crippen LogP contribution is -2.58. The van der Waals surface area contributed by atoms with Gasteiger partial charge in [-0.15, -0.1) is 0 Å². The molecule has 0 heterocycles. The monoisotopic (exact) mass is 452 g/mol. The molecule has 0 bridgehead atoms. The lowest BCUT2D eigenvalue weighted by atomic mass is 9.76. The fourth-order valence-electron chi connectivity index (χ4n) is 3.43. The van der Waals surface area contributed by atoms with Crippen LogP contribution in [0.4, 0.5) is 0 Å². The van der Waals surface area contributed by atoms with Crippen molar-refractivity contribution in [1.82, 2.24) is 21.7 Å². The van der Waals surface area contributed by atoms with Crippen LogP contribution in [0.5, 0.6) is 0 Å². The van der Waals surface area contributed by atoms with E-state index in [1.54, 1.807) is 60.7 Å². The summed E-state index contributed by atoms with van der Waals surface area (Å²) in [6.45, 7) is 3.93. The van der Waals surface area contributed by atoms with Gasteiger partial charge in [0, 0.05) is 11.1 Å². The molecule has 0 saturated carbocycles. The third-order valence-electron chi connectivity index (χ3n) is 5.43. The van der Waals surface area contributed by atoms with Crippen molar-refractivity contribution in [2.45, 2.75) is 52.4 Å². The maximum Gasteiger partial charge on any atom is 0.269 e. The molecule has 2 aromatic rings. The van der Waals surface area contributed by atoms with Gasteiger partial charge < -0.3 is 0 Å². The summed E-state index contributed by atoms with van der Waals surface area (Å²) in [5.74, 6) is -2.19. The van der Waals surface area contributed by atoms with Crippen molar-refractivity contribution in [3.63, 3.8) is 0 Å². The van der Waals surface area contributed by atoms with Gasteiger partial charge in [-0.3, -0.25) is 40.9 Å². The quantitative estimate of drug-likeness (QED) is 0.327. The Bertz CT molecular complexity index is 854. The smallest absolute Gasteiger partial charge is 0.269 e. The Morgan fingerprint density at radius 1 is 0.606 bits per heavy atom. The van der Waals surface area contributed by atoms with Gasteiger partial charge in [0.05, 0.1) is 0 Å². The third-order valence-corrected chi connectivity index (χ3v) is 5.43. The second-order valence-electron chi connectivity index (χ2n) is 7.84. The van der Waals surface area contributed by atoms with Crippen LogP contribution in [0, 0.1) is 5.41 Å². The number of carbonyl (C=O) groups excluding carboxylic acids is 4. The number of benzene rings is 2. The molecule has 176 valence electrons. The zero-order valence-electron chi connectivity index (χ0n) is 19.1. The second-order valence-corrected chi connectivity index (χ2v) is 7.84. The molecule has 0 aliphatic rings. The minimum atomic E-state index is -1.44. The molecule has 4 N–H and O–H groups in total. The molecule has 2 aromatic carbocycles. The third kappa shape index (κ3) is 7.17. The fraction of sp³-hybridized carbons (Fsp3) is 0.360. The molecular weight excluding hydrogens is 420 g/mol. The number of rotatable bonds is 10. The van der Waals surface area contributed by atoms with E-state index in [1.807, 2.05) is 13.8 Å². The Morgan fingerprint density at radius 2 is 0.970 bits per heavy atom. The van der Waals surface area contributed by atoms with Crippen molar-refractivity contribution < 1.29 is 19.2 Å². The first-order valence-corrected chi connectivity index (χ1v) is 11.3. The molecule has 8 heteroatoms. The fourth-order valence-corrected chi connectivity index (χ4v) is 3.43. The summed E-state index contributed by atoms with van der Waals surface area (Å²) in [6.07, 6.45) is 3.38. The standard InChI is InChI=1S/C25H32N4O4/c1-3-5-17-25(18-6-4-2,23(32)28-26-21(30)19-13-9-7-10-14-19)24(33)29-27-22(31)20-15-11-8-12-16-20/h7-16H,3-6,17-18H2,1-2H3,(H,26,30)(H,27,31)(H,28,32)(H,29,33). The van der Waals surface area contributed by atoms with Crippen molar-refractivity contribution in [2.75, 3.05) is 0 Å². The summed E-state index contributed by atoms with van der Waals surface area (Å²) < 4.78 is 0. The highest BCUT2D eigenvalue weighted by atomic mass is 16.2. The first-order chi connectivity index (χ1) is 15.9. The van der Waals surface area contributed by atoms with Gasteiger partial charge >= 0.3 is 0 Å². The normalized spacial score (nSPS) is 10.7. The number of hydrogen-bond donors (Lipinski definition) is 4. The van der Waals surface area contributed by atoms with Crippen LogP contribution in [0.15, 0.2) is 60.7 Å². The highest BCUT2D eigenvalue weighted by Gasteiger charge is 2.45. The van der Waals surface area contributed by atoms with Crippen LogP contribution in [0.3, 0.4) is 0 Å². The van der Waals surface area contributed by atoms with Gasteiger partial charge in [0.25, 0.3) is 23.6 Å². The predicted molar refractivity (Wildman–Crippen MR) is 126 cm³/mol. The van der Waals surface area contributed by atoms with Crippen molar-refractivity contribution in [1.29, 1.82) is 0 Å². The minimum absolute atomic E-state index is 0.281. The number of hydrazine groups is 2. The van der Waals surface area contributed by atoms with E-state index in [9.17, 15) is 19.2 Å².